The molecule has 0 radical (unpaired) electrons. The number of benzene rings is 3. The van der Waals surface area contributed by atoms with Crippen LogP contribution in [0.1, 0.15) is 5.82 Å². The monoisotopic (exact) mass is 423 g/mol. The quantitative estimate of drug-likeness (QED) is 0.440. The second-order valence-corrected chi connectivity index (χ2v) is 6.63. The van der Waals surface area contributed by atoms with Gasteiger partial charge < -0.3 is 19.4 Å². The van der Waals surface area contributed by atoms with Gasteiger partial charge in [-0.05, 0) is 36.4 Å². The van der Waals surface area contributed by atoms with E-state index in [1.165, 1.54) is 12.1 Å². The number of fused-ring (bicyclic) bond motifs is 1. The average Bonchev–Trinajstić information content (AvgIpc) is 3.11. The van der Waals surface area contributed by atoms with Gasteiger partial charge in [0.25, 0.3) is 0 Å². The molecule has 0 atom stereocenters. The van der Waals surface area contributed by atoms with Crippen molar-refractivity contribution in [3.05, 3.63) is 84.7 Å². The van der Waals surface area contributed by atoms with Crippen molar-refractivity contribution in [3.8, 4) is 11.5 Å². The Morgan fingerprint density at radius 1 is 0.968 bits per heavy atom. The number of rotatable bonds is 8. The lowest BCUT2D eigenvalue weighted by molar-refractivity contribution is -0.116. The maximum absolute atomic E-state index is 12.7. The molecule has 31 heavy (non-hydrogen) atoms. The third-order valence-corrected chi connectivity index (χ3v) is 4.52. The van der Waals surface area contributed by atoms with Crippen molar-refractivity contribution in [2.75, 3.05) is 5.32 Å². The lowest BCUT2D eigenvalue weighted by Crippen LogP contribution is -2.21. The molecule has 0 saturated heterocycles. The van der Waals surface area contributed by atoms with Gasteiger partial charge in [-0.3, -0.25) is 4.79 Å². The summed E-state index contributed by atoms with van der Waals surface area (Å²) in [5, 5.41) is 2.63. The van der Waals surface area contributed by atoms with Crippen LogP contribution in [0.3, 0.4) is 0 Å². The summed E-state index contributed by atoms with van der Waals surface area (Å²) < 4.78 is 37.3. The predicted molar refractivity (Wildman–Crippen MR) is 112 cm³/mol. The van der Waals surface area contributed by atoms with Crippen LogP contribution in [0, 0.1) is 0 Å². The Balaban J connectivity index is 1.55. The number of alkyl halides is 2. The molecule has 6 nitrogen and oxygen atoms in total. The molecule has 3 aromatic carbocycles. The number of amides is 1. The molecule has 8 heteroatoms. The van der Waals surface area contributed by atoms with Crippen LogP contribution in [0.2, 0.25) is 0 Å². The highest BCUT2D eigenvalue weighted by Crippen LogP contribution is 2.26. The van der Waals surface area contributed by atoms with Gasteiger partial charge in [-0.1, -0.05) is 42.5 Å². The molecule has 1 amide bonds. The maximum atomic E-state index is 12.7. The summed E-state index contributed by atoms with van der Waals surface area (Å²) >= 11 is 0. The summed E-state index contributed by atoms with van der Waals surface area (Å²) in [4.78, 5) is 17.3. The molecule has 1 aromatic heterocycles. The summed E-state index contributed by atoms with van der Waals surface area (Å²) in [7, 11) is 0. The van der Waals surface area contributed by atoms with Crippen LogP contribution in [-0.4, -0.2) is 22.1 Å². The van der Waals surface area contributed by atoms with Gasteiger partial charge in [0.1, 0.15) is 30.5 Å². The Morgan fingerprint density at radius 2 is 1.68 bits per heavy atom. The van der Waals surface area contributed by atoms with E-state index in [0.717, 1.165) is 11.0 Å². The maximum Gasteiger partial charge on any atom is 0.387 e. The van der Waals surface area contributed by atoms with E-state index in [0.29, 0.717) is 11.6 Å². The van der Waals surface area contributed by atoms with E-state index in [9.17, 15) is 13.6 Å². The molecule has 0 aliphatic rings. The van der Waals surface area contributed by atoms with Gasteiger partial charge in [0.2, 0.25) is 5.91 Å². The first-order chi connectivity index (χ1) is 15.1. The van der Waals surface area contributed by atoms with Crippen LogP contribution in [0.25, 0.3) is 11.0 Å². The molecule has 0 unspecified atom stereocenters. The van der Waals surface area contributed by atoms with Crippen LogP contribution in [0.4, 0.5) is 14.5 Å². The highest BCUT2D eigenvalue weighted by atomic mass is 19.3. The second-order valence-electron chi connectivity index (χ2n) is 6.63. The molecule has 0 saturated carbocycles. The zero-order valence-corrected chi connectivity index (χ0v) is 16.4. The molecule has 0 bridgehead atoms. The Bertz CT molecular complexity index is 1180. The van der Waals surface area contributed by atoms with E-state index >= 15 is 0 Å². The van der Waals surface area contributed by atoms with Crippen LogP contribution >= 0.6 is 0 Å². The lowest BCUT2D eigenvalue weighted by atomic mass is 10.3. The highest BCUT2D eigenvalue weighted by Gasteiger charge is 2.16. The molecule has 1 N–H and O–H groups in total. The fourth-order valence-electron chi connectivity index (χ4n) is 3.18. The molecule has 0 fully saturated rings. The van der Waals surface area contributed by atoms with E-state index in [2.05, 4.69) is 15.0 Å². The first-order valence-corrected chi connectivity index (χ1v) is 9.56. The topological polar surface area (TPSA) is 65.4 Å². The summed E-state index contributed by atoms with van der Waals surface area (Å²) in [5.74, 6) is 0.740. The summed E-state index contributed by atoms with van der Waals surface area (Å²) in [6.45, 7) is -2.90. The van der Waals surface area contributed by atoms with Crippen LogP contribution < -0.4 is 14.8 Å². The molecule has 158 valence electrons. The minimum Gasteiger partial charge on any atom is -0.486 e. The van der Waals surface area contributed by atoms with E-state index in [-0.39, 0.29) is 24.6 Å². The smallest absolute Gasteiger partial charge is 0.387 e. The number of halogens is 2. The molecular weight excluding hydrogens is 404 g/mol. The van der Waals surface area contributed by atoms with Crippen molar-refractivity contribution in [2.24, 2.45) is 0 Å². The van der Waals surface area contributed by atoms with Gasteiger partial charge in [0, 0.05) is 0 Å². The number of anilines is 1. The largest absolute Gasteiger partial charge is 0.486 e. The standard InChI is InChI=1S/C23H19F2N3O3/c24-23(25)31-20-13-7-5-11-18(20)27-22(29)14-28-19-12-6-4-10-17(19)26-21(28)15-30-16-8-2-1-3-9-16/h1-13,23H,14-15H2,(H,27,29). The SMILES string of the molecule is O=C(Cn1c(COc2ccccc2)nc2ccccc21)Nc1ccccc1OC(F)F. The number of carbonyl (C=O) groups excluding carboxylic acids is 1. The molecule has 0 aliphatic heterocycles. The molecule has 4 rings (SSSR count). The van der Waals surface area contributed by atoms with E-state index in [1.807, 2.05) is 54.6 Å². The summed E-state index contributed by atoms with van der Waals surface area (Å²) in [5.41, 5.74) is 1.66. The molecular formula is C23H19F2N3O3. The van der Waals surface area contributed by atoms with Crippen molar-refractivity contribution >= 4 is 22.6 Å². The van der Waals surface area contributed by atoms with Crippen molar-refractivity contribution in [3.63, 3.8) is 0 Å². The van der Waals surface area contributed by atoms with E-state index in [4.69, 9.17) is 4.74 Å². The van der Waals surface area contributed by atoms with Gasteiger partial charge in [-0.25, -0.2) is 4.98 Å². The number of hydrogen-bond donors (Lipinski definition) is 1. The fourth-order valence-corrected chi connectivity index (χ4v) is 3.18. The lowest BCUT2D eigenvalue weighted by Gasteiger charge is -2.13. The number of carbonyl (C=O) groups is 1. The molecule has 4 aromatic rings. The molecule has 0 aliphatic carbocycles. The minimum absolute atomic E-state index is 0.0724. The van der Waals surface area contributed by atoms with Gasteiger partial charge in [-0.15, -0.1) is 0 Å². The average molecular weight is 423 g/mol. The first kappa shape index (κ1) is 20.3. The van der Waals surface area contributed by atoms with Crippen molar-refractivity contribution < 1.29 is 23.0 Å². The first-order valence-electron chi connectivity index (χ1n) is 9.56. The third-order valence-electron chi connectivity index (χ3n) is 4.52. The number of ether oxygens (including phenoxy) is 2. The number of para-hydroxylation sites is 5. The normalized spacial score (nSPS) is 10.9. The van der Waals surface area contributed by atoms with Crippen molar-refractivity contribution in [2.45, 2.75) is 19.8 Å². The van der Waals surface area contributed by atoms with Gasteiger partial charge >= 0.3 is 6.61 Å². The number of aromatic nitrogens is 2. The van der Waals surface area contributed by atoms with Crippen molar-refractivity contribution in [1.82, 2.24) is 9.55 Å². The van der Waals surface area contributed by atoms with Gasteiger partial charge in [0.15, 0.2) is 0 Å². The van der Waals surface area contributed by atoms with E-state index in [1.54, 1.807) is 16.7 Å². The Hall–Kier alpha value is -3.94. The number of nitrogens with one attached hydrogen (secondary N) is 1. The highest BCUT2D eigenvalue weighted by molar-refractivity contribution is 5.93. The fraction of sp³-hybridized carbons (Fsp3) is 0.130. The second kappa shape index (κ2) is 9.25. The number of hydrogen-bond acceptors (Lipinski definition) is 4. The van der Waals surface area contributed by atoms with Crippen molar-refractivity contribution in [1.29, 1.82) is 0 Å². The van der Waals surface area contributed by atoms with Crippen LogP contribution in [-0.2, 0) is 17.9 Å². The van der Waals surface area contributed by atoms with Crippen LogP contribution in [0.5, 0.6) is 11.5 Å². The zero-order valence-electron chi connectivity index (χ0n) is 16.4. The Kier molecular flexibility index (Phi) is 6.07. The zero-order chi connectivity index (χ0) is 21.6. The predicted octanol–water partition coefficient (Wildman–Crippen LogP) is 4.86. The number of imidazole rings is 1. The summed E-state index contributed by atoms with van der Waals surface area (Å²) in [6, 6.07) is 22.8. The van der Waals surface area contributed by atoms with Crippen LogP contribution in [0.15, 0.2) is 78.9 Å². The Labute approximate surface area is 177 Å². The molecule has 1 heterocycles. The van der Waals surface area contributed by atoms with E-state index < -0.39 is 12.5 Å². The van der Waals surface area contributed by atoms with Gasteiger partial charge in [-0.2, -0.15) is 8.78 Å². The summed E-state index contributed by atoms with van der Waals surface area (Å²) in [6.07, 6.45) is 0. The number of nitrogens with zero attached hydrogens (tertiary/aromatic N) is 2. The third kappa shape index (κ3) is 4.98. The van der Waals surface area contributed by atoms with Gasteiger partial charge in [0.05, 0.1) is 16.7 Å². The minimum atomic E-state index is -2.99. The molecule has 0 spiro atoms. The Morgan fingerprint density at radius 3 is 2.48 bits per heavy atom.